The Morgan fingerprint density at radius 3 is 2.50 bits per heavy atom. The summed E-state index contributed by atoms with van der Waals surface area (Å²) in [6.45, 7) is 3.82. The van der Waals surface area contributed by atoms with E-state index >= 15 is 0 Å². The number of methoxy groups -OCH3 is 1. The lowest BCUT2D eigenvalue weighted by molar-refractivity contribution is -0.885. The van der Waals surface area contributed by atoms with Gasteiger partial charge in [-0.15, -0.1) is 0 Å². The Balaban J connectivity index is 2.00. The number of nitro groups is 1. The van der Waals surface area contributed by atoms with Gasteiger partial charge in [0.15, 0.2) is 12.6 Å². The third-order valence-electron chi connectivity index (χ3n) is 4.90. The highest BCUT2D eigenvalue weighted by Gasteiger charge is 2.25. The number of benzene rings is 2. The van der Waals surface area contributed by atoms with E-state index in [9.17, 15) is 19.7 Å². The normalized spacial score (nSPS) is 12.5. The van der Waals surface area contributed by atoms with Gasteiger partial charge in [0.1, 0.15) is 5.75 Å². The van der Waals surface area contributed by atoms with E-state index in [4.69, 9.17) is 4.74 Å². The second kappa shape index (κ2) is 10.4. The highest BCUT2D eigenvalue weighted by Crippen LogP contribution is 2.28. The van der Waals surface area contributed by atoms with Crippen molar-refractivity contribution < 1.29 is 24.1 Å². The molecule has 0 fully saturated rings. The topological polar surface area (TPSA) is 115 Å². The van der Waals surface area contributed by atoms with Crippen LogP contribution in [-0.2, 0) is 16.0 Å². The third-order valence-corrected chi connectivity index (χ3v) is 4.90. The molecule has 0 spiro atoms. The van der Waals surface area contributed by atoms with E-state index in [0.717, 1.165) is 17.7 Å². The first-order valence-corrected chi connectivity index (χ1v) is 9.60. The Kier molecular flexibility index (Phi) is 7.88. The van der Waals surface area contributed by atoms with Crippen LogP contribution >= 0.6 is 0 Å². The van der Waals surface area contributed by atoms with Crippen LogP contribution in [0.25, 0.3) is 0 Å². The Labute approximate surface area is 175 Å². The summed E-state index contributed by atoms with van der Waals surface area (Å²) in [6.07, 6.45) is 0.801. The number of anilines is 2. The summed E-state index contributed by atoms with van der Waals surface area (Å²) in [5.74, 6) is -0.335. The van der Waals surface area contributed by atoms with Gasteiger partial charge in [-0.05, 0) is 31.0 Å². The van der Waals surface area contributed by atoms with Gasteiger partial charge in [-0.2, -0.15) is 0 Å². The van der Waals surface area contributed by atoms with E-state index in [2.05, 4.69) is 10.6 Å². The fourth-order valence-electron chi connectivity index (χ4n) is 2.91. The van der Waals surface area contributed by atoms with Crippen molar-refractivity contribution >= 4 is 28.9 Å². The minimum absolute atomic E-state index is 0.101. The van der Waals surface area contributed by atoms with Gasteiger partial charge in [0.05, 0.1) is 30.8 Å². The predicted octanol–water partition coefficient (Wildman–Crippen LogP) is 1.65. The number of nitro benzene ring substituents is 1. The first kappa shape index (κ1) is 22.8. The van der Waals surface area contributed by atoms with Crippen molar-refractivity contribution in [3.8, 4) is 5.75 Å². The van der Waals surface area contributed by atoms with Crippen molar-refractivity contribution in [3.63, 3.8) is 0 Å². The monoisotopic (exact) mass is 415 g/mol. The van der Waals surface area contributed by atoms with Crippen molar-refractivity contribution in [3.05, 3.63) is 58.1 Å². The maximum absolute atomic E-state index is 12.6. The number of quaternary nitrogens is 1. The molecule has 160 valence electrons. The molecule has 0 aliphatic carbocycles. The predicted molar refractivity (Wildman–Crippen MR) is 114 cm³/mol. The molecule has 9 heteroatoms. The maximum atomic E-state index is 12.6. The fraction of sp³-hybridized carbons (Fsp3) is 0.333. The number of carbonyl (C=O) groups excluding carboxylic acids is 2. The summed E-state index contributed by atoms with van der Waals surface area (Å²) in [5.41, 5.74) is 2.00. The van der Waals surface area contributed by atoms with Gasteiger partial charge in [-0.1, -0.05) is 25.1 Å². The van der Waals surface area contributed by atoms with Gasteiger partial charge in [0.25, 0.3) is 17.5 Å². The van der Waals surface area contributed by atoms with Crippen LogP contribution in [0.4, 0.5) is 17.1 Å². The van der Waals surface area contributed by atoms with Crippen molar-refractivity contribution in [2.75, 3.05) is 31.3 Å². The fourth-order valence-corrected chi connectivity index (χ4v) is 2.91. The number of hydrogen-bond acceptors (Lipinski definition) is 5. The average Bonchev–Trinajstić information content (AvgIpc) is 2.73. The van der Waals surface area contributed by atoms with Crippen molar-refractivity contribution in [2.45, 2.75) is 26.3 Å². The first-order chi connectivity index (χ1) is 14.3. The van der Waals surface area contributed by atoms with Crippen LogP contribution in [0.5, 0.6) is 5.75 Å². The summed E-state index contributed by atoms with van der Waals surface area (Å²) in [7, 11) is 3.12. The SMILES string of the molecule is CCc1ccccc1NC(=O)C[NH+](C)[C@H](C)C(=O)Nc1ccc([N+](=O)[O-])cc1OC. The van der Waals surface area contributed by atoms with Gasteiger partial charge in [-0.3, -0.25) is 19.7 Å². The largest absolute Gasteiger partial charge is 0.494 e. The second-order valence-electron chi connectivity index (χ2n) is 6.93. The third kappa shape index (κ3) is 5.77. The van der Waals surface area contributed by atoms with E-state index in [0.29, 0.717) is 10.6 Å². The van der Waals surface area contributed by atoms with Crippen LogP contribution in [0.2, 0.25) is 0 Å². The summed E-state index contributed by atoms with van der Waals surface area (Å²) in [5, 5.41) is 16.5. The van der Waals surface area contributed by atoms with Crippen molar-refractivity contribution in [1.82, 2.24) is 0 Å². The number of carbonyl (C=O) groups is 2. The Morgan fingerprint density at radius 2 is 1.87 bits per heavy atom. The molecule has 1 unspecified atom stereocenters. The number of amides is 2. The Bertz CT molecular complexity index is 931. The lowest BCUT2D eigenvalue weighted by Crippen LogP contribution is -3.14. The second-order valence-corrected chi connectivity index (χ2v) is 6.93. The van der Waals surface area contributed by atoms with E-state index in [1.807, 2.05) is 31.2 Å². The lowest BCUT2D eigenvalue weighted by Gasteiger charge is -2.21. The van der Waals surface area contributed by atoms with Gasteiger partial charge in [-0.25, -0.2) is 0 Å². The summed E-state index contributed by atoms with van der Waals surface area (Å²) in [4.78, 5) is 36.1. The molecule has 0 saturated carbocycles. The quantitative estimate of drug-likeness (QED) is 0.426. The molecule has 0 saturated heterocycles. The molecule has 2 aromatic carbocycles. The highest BCUT2D eigenvalue weighted by molar-refractivity contribution is 5.96. The van der Waals surface area contributed by atoms with E-state index in [1.54, 1.807) is 14.0 Å². The molecule has 0 bridgehead atoms. The number of aryl methyl sites for hydroxylation is 1. The van der Waals surface area contributed by atoms with Gasteiger partial charge < -0.3 is 20.3 Å². The number of nitrogens with zero attached hydrogens (tertiary/aromatic N) is 1. The Hall–Kier alpha value is -3.46. The minimum Gasteiger partial charge on any atom is -0.494 e. The van der Waals surface area contributed by atoms with Crippen LogP contribution in [0, 0.1) is 10.1 Å². The number of para-hydroxylation sites is 1. The molecular weight excluding hydrogens is 388 g/mol. The lowest BCUT2D eigenvalue weighted by atomic mass is 10.1. The van der Waals surface area contributed by atoms with Gasteiger partial charge in [0.2, 0.25) is 0 Å². The minimum atomic E-state index is -0.544. The molecule has 2 amide bonds. The van der Waals surface area contributed by atoms with Crippen LogP contribution < -0.4 is 20.3 Å². The number of hydrogen-bond donors (Lipinski definition) is 3. The van der Waals surface area contributed by atoms with Crippen molar-refractivity contribution in [2.24, 2.45) is 0 Å². The molecule has 9 nitrogen and oxygen atoms in total. The Morgan fingerprint density at radius 1 is 1.17 bits per heavy atom. The standard InChI is InChI=1S/C21H26N4O5/c1-5-15-8-6-7-9-17(15)22-20(26)13-24(3)14(2)21(27)23-18-11-10-16(25(28)29)12-19(18)30-4/h6-12,14H,5,13H2,1-4H3,(H,22,26)(H,23,27)/p+1/t14-/m1/s1. The van der Waals surface area contributed by atoms with Crippen LogP contribution in [-0.4, -0.2) is 43.5 Å². The zero-order chi connectivity index (χ0) is 22.3. The molecule has 0 aliphatic rings. The van der Waals surface area contributed by atoms with Crippen LogP contribution in [0.15, 0.2) is 42.5 Å². The molecule has 0 aliphatic heterocycles. The molecule has 2 atom stereocenters. The molecular formula is C21H27N4O5+. The zero-order valence-electron chi connectivity index (χ0n) is 17.5. The molecule has 2 rings (SSSR count). The number of nitrogens with one attached hydrogen (secondary N) is 3. The van der Waals surface area contributed by atoms with E-state index in [1.165, 1.54) is 25.3 Å². The molecule has 0 heterocycles. The highest BCUT2D eigenvalue weighted by atomic mass is 16.6. The summed E-state index contributed by atoms with van der Waals surface area (Å²) >= 11 is 0. The van der Waals surface area contributed by atoms with Crippen LogP contribution in [0.3, 0.4) is 0 Å². The molecule has 2 aromatic rings. The molecule has 3 N–H and O–H groups in total. The molecule has 0 aromatic heterocycles. The smallest absolute Gasteiger partial charge is 0.282 e. The number of non-ortho nitro benzene ring substituents is 1. The molecule has 0 radical (unpaired) electrons. The molecule has 30 heavy (non-hydrogen) atoms. The number of ether oxygens (including phenoxy) is 1. The first-order valence-electron chi connectivity index (χ1n) is 9.60. The van der Waals surface area contributed by atoms with E-state index < -0.39 is 11.0 Å². The van der Waals surface area contributed by atoms with Crippen LogP contribution in [0.1, 0.15) is 19.4 Å². The number of rotatable bonds is 9. The van der Waals surface area contributed by atoms with Crippen molar-refractivity contribution in [1.29, 1.82) is 0 Å². The van der Waals surface area contributed by atoms with E-state index in [-0.39, 0.29) is 29.8 Å². The van der Waals surface area contributed by atoms with Gasteiger partial charge in [0, 0.05) is 11.8 Å². The maximum Gasteiger partial charge on any atom is 0.282 e. The summed E-state index contributed by atoms with van der Waals surface area (Å²) < 4.78 is 5.14. The zero-order valence-corrected chi connectivity index (χ0v) is 17.5. The van der Waals surface area contributed by atoms with Gasteiger partial charge >= 0.3 is 0 Å². The number of likely N-dealkylation sites (N-methyl/N-ethyl adjacent to an activating group) is 1. The average molecular weight is 415 g/mol. The summed E-state index contributed by atoms with van der Waals surface area (Å²) in [6, 6.07) is 11.0.